The van der Waals surface area contributed by atoms with Crippen LogP contribution in [0.15, 0.2) is 158 Å². The Balaban J connectivity index is 1.29. The van der Waals surface area contributed by atoms with Crippen LogP contribution >= 0.6 is 0 Å². The number of aromatic nitrogens is 4. The number of rotatable bonds is 4. The van der Waals surface area contributed by atoms with Gasteiger partial charge in [-0.05, 0) is 56.1 Å². The molecule has 9 rings (SSSR count). The van der Waals surface area contributed by atoms with Crippen LogP contribution in [-0.4, -0.2) is 19.9 Å². The van der Waals surface area contributed by atoms with E-state index in [0.717, 1.165) is 71.0 Å². The summed E-state index contributed by atoms with van der Waals surface area (Å²) in [6, 6.07) is 52.7. The molecule has 4 nitrogen and oxygen atoms in total. The molecule has 0 atom stereocenters. The minimum Gasteiger partial charge on any atom is -0.256 e. The van der Waals surface area contributed by atoms with E-state index in [1.165, 1.54) is 0 Å². The van der Waals surface area contributed by atoms with Gasteiger partial charge in [0.15, 0.2) is 17.5 Å². The lowest BCUT2D eigenvalue weighted by Crippen LogP contribution is -2.01. The Kier molecular flexibility index (Phi) is 6.10. The van der Waals surface area contributed by atoms with Crippen molar-refractivity contribution in [2.24, 2.45) is 0 Å². The molecule has 0 N–H and O–H groups in total. The smallest absolute Gasteiger partial charge is 0.164 e. The summed E-state index contributed by atoms with van der Waals surface area (Å²) in [5.74, 6) is 1.94. The summed E-state index contributed by atoms with van der Waals surface area (Å²) in [4.78, 5) is 20.2. The Morgan fingerprint density at radius 2 is 0.804 bits per heavy atom. The lowest BCUT2D eigenvalue weighted by atomic mass is 9.97. The molecule has 2 heterocycles. The van der Waals surface area contributed by atoms with Crippen LogP contribution in [0.3, 0.4) is 0 Å². The highest BCUT2D eigenvalue weighted by molar-refractivity contribution is 6.00. The number of hydrogen-bond acceptors (Lipinski definition) is 4. The third kappa shape index (κ3) is 4.47. The molecule has 0 bridgehead atoms. The van der Waals surface area contributed by atoms with Gasteiger partial charge in [-0.25, -0.2) is 15.0 Å². The molecule has 7 aromatic carbocycles. The van der Waals surface area contributed by atoms with E-state index < -0.39 is 0 Å². The van der Waals surface area contributed by atoms with Crippen molar-refractivity contribution in [1.82, 2.24) is 19.9 Å². The van der Waals surface area contributed by atoms with Gasteiger partial charge in [0.2, 0.25) is 0 Å². The van der Waals surface area contributed by atoms with Gasteiger partial charge < -0.3 is 0 Å². The van der Waals surface area contributed by atoms with Crippen molar-refractivity contribution in [3.8, 4) is 45.3 Å². The van der Waals surface area contributed by atoms with Crippen LogP contribution < -0.4 is 0 Å². The van der Waals surface area contributed by atoms with Crippen molar-refractivity contribution in [3.05, 3.63) is 158 Å². The normalized spacial score (nSPS) is 11.5. The van der Waals surface area contributed by atoms with Crippen LogP contribution in [0.1, 0.15) is 0 Å². The van der Waals surface area contributed by atoms with Crippen LogP contribution in [0.2, 0.25) is 0 Å². The maximum Gasteiger partial charge on any atom is 0.164 e. The molecule has 2 aromatic heterocycles. The monoisotopic (exact) mass is 586 g/mol. The fraction of sp³-hybridized carbons (Fsp3) is 0. The van der Waals surface area contributed by atoms with Crippen LogP contribution in [0, 0.1) is 0 Å². The van der Waals surface area contributed by atoms with E-state index in [1.54, 1.807) is 0 Å². The molecule has 4 heteroatoms. The zero-order chi connectivity index (χ0) is 30.5. The van der Waals surface area contributed by atoms with Gasteiger partial charge in [-0.2, -0.15) is 0 Å². The highest BCUT2D eigenvalue weighted by Crippen LogP contribution is 2.35. The molecule has 214 valence electrons. The molecule has 0 unspecified atom stereocenters. The Morgan fingerprint density at radius 1 is 0.326 bits per heavy atom. The summed E-state index contributed by atoms with van der Waals surface area (Å²) in [6.45, 7) is 0. The molecular formula is C42H26N4. The maximum atomic E-state index is 5.19. The van der Waals surface area contributed by atoms with Crippen molar-refractivity contribution in [2.45, 2.75) is 0 Å². The second-order valence-electron chi connectivity index (χ2n) is 11.5. The molecular weight excluding hydrogens is 560 g/mol. The van der Waals surface area contributed by atoms with Gasteiger partial charge in [-0.1, -0.05) is 133 Å². The van der Waals surface area contributed by atoms with Crippen LogP contribution in [0.4, 0.5) is 0 Å². The molecule has 0 aliphatic heterocycles. The minimum absolute atomic E-state index is 0.639. The van der Waals surface area contributed by atoms with E-state index in [2.05, 4.69) is 133 Å². The number of fused-ring (bicyclic) bond motifs is 4. The van der Waals surface area contributed by atoms with E-state index in [4.69, 9.17) is 19.9 Å². The maximum absolute atomic E-state index is 5.19. The first-order valence-corrected chi connectivity index (χ1v) is 15.4. The summed E-state index contributed by atoms with van der Waals surface area (Å²) in [5, 5.41) is 7.82. The van der Waals surface area contributed by atoms with E-state index in [0.29, 0.717) is 17.5 Å². The summed E-state index contributed by atoms with van der Waals surface area (Å²) in [5.41, 5.74) is 6.06. The minimum atomic E-state index is 0.639. The van der Waals surface area contributed by atoms with Gasteiger partial charge in [0.05, 0.1) is 5.52 Å². The predicted molar refractivity (Wildman–Crippen MR) is 189 cm³/mol. The third-order valence-electron chi connectivity index (χ3n) is 8.74. The van der Waals surface area contributed by atoms with Gasteiger partial charge in [0, 0.05) is 33.8 Å². The zero-order valence-corrected chi connectivity index (χ0v) is 24.8. The fourth-order valence-corrected chi connectivity index (χ4v) is 6.45. The van der Waals surface area contributed by atoms with Crippen molar-refractivity contribution >= 4 is 43.2 Å². The fourth-order valence-electron chi connectivity index (χ4n) is 6.45. The Bertz CT molecular complexity index is 2500. The molecule has 0 spiro atoms. The Morgan fingerprint density at radius 3 is 1.41 bits per heavy atom. The molecule has 0 radical (unpaired) electrons. The average molecular weight is 587 g/mol. The van der Waals surface area contributed by atoms with Crippen molar-refractivity contribution in [2.75, 3.05) is 0 Å². The number of pyridine rings is 1. The molecule has 0 saturated carbocycles. The first-order chi connectivity index (χ1) is 22.8. The number of nitrogens with zero attached hydrogens (tertiary/aromatic N) is 4. The van der Waals surface area contributed by atoms with Gasteiger partial charge in [-0.3, -0.25) is 4.98 Å². The Hall–Kier alpha value is -6.26. The lowest BCUT2D eigenvalue weighted by molar-refractivity contribution is 1.08. The molecule has 46 heavy (non-hydrogen) atoms. The van der Waals surface area contributed by atoms with Gasteiger partial charge >= 0.3 is 0 Å². The van der Waals surface area contributed by atoms with Gasteiger partial charge in [-0.15, -0.1) is 0 Å². The van der Waals surface area contributed by atoms with Crippen LogP contribution in [-0.2, 0) is 0 Å². The summed E-state index contributed by atoms with van der Waals surface area (Å²) >= 11 is 0. The largest absolute Gasteiger partial charge is 0.256 e. The highest BCUT2D eigenvalue weighted by atomic mass is 15.0. The van der Waals surface area contributed by atoms with E-state index in [1.807, 2.05) is 24.4 Å². The predicted octanol–water partition coefficient (Wildman–Crippen LogP) is 10.5. The number of para-hydroxylation sites is 1. The first-order valence-electron chi connectivity index (χ1n) is 15.4. The van der Waals surface area contributed by atoms with E-state index >= 15 is 0 Å². The van der Waals surface area contributed by atoms with Crippen LogP contribution in [0.5, 0.6) is 0 Å². The zero-order valence-electron chi connectivity index (χ0n) is 24.8. The second-order valence-corrected chi connectivity index (χ2v) is 11.5. The summed E-state index contributed by atoms with van der Waals surface area (Å²) < 4.78 is 0. The Labute approximate surface area is 265 Å². The van der Waals surface area contributed by atoms with Crippen LogP contribution in [0.25, 0.3) is 88.5 Å². The topological polar surface area (TPSA) is 51.6 Å². The van der Waals surface area contributed by atoms with Gasteiger partial charge in [0.1, 0.15) is 0 Å². The standard InChI is InChI=1S/C42H26N4/c1-4-16-33-27(10-1)13-7-18-35(33)40-44-41(36-19-8-14-28-11-2-5-17-34(28)36)46-42(45-40)37-20-9-15-29-22-23-30(25-38(29)37)32-24-31-12-3-6-21-39(31)43-26-32/h1-26H. The molecule has 9 aromatic rings. The number of benzene rings is 7. The summed E-state index contributed by atoms with van der Waals surface area (Å²) in [7, 11) is 0. The second kappa shape index (κ2) is 10.7. The van der Waals surface area contributed by atoms with Crippen molar-refractivity contribution in [3.63, 3.8) is 0 Å². The third-order valence-corrected chi connectivity index (χ3v) is 8.74. The first kappa shape index (κ1) is 26.2. The quantitative estimate of drug-likeness (QED) is 0.206. The van der Waals surface area contributed by atoms with E-state index in [-0.39, 0.29) is 0 Å². The molecule has 0 saturated heterocycles. The van der Waals surface area contributed by atoms with Gasteiger partial charge in [0.25, 0.3) is 0 Å². The molecule has 0 aliphatic carbocycles. The summed E-state index contributed by atoms with van der Waals surface area (Å²) in [6.07, 6.45) is 1.95. The lowest BCUT2D eigenvalue weighted by Gasteiger charge is -2.13. The van der Waals surface area contributed by atoms with Crippen molar-refractivity contribution < 1.29 is 0 Å². The molecule has 0 fully saturated rings. The number of hydrogen-bond donors (Lipinski definition) is 0. The molecule has 0 amide bonds. The average Bonchev–Trinajstić information content (AvgIpc) is 3.13. The molecule has 0 aliphatic rings. The van der Waals surface area contributed by atoms with Crippen molar-refractivity contribution in [1.29, 1.82) is 0 Å². The SMILES string of the molecule is c1ccc2ncc(-c3ccc4cccc(-c5nc(-c6cccc7ccccc67)nc(-c6cccc7ccccc67)n5)c4c3)cc2c1. The van der Waals surface area contributed by atoms with E-state index in [9.17, 15) is 0 Å². The highest BCUT2D eigenvalue weighted by Gasteiger charge is 2.17.